The van der Waals surface area contributed by atoms with Crippen molar-refractivity contribution in [2.75, 3.05) is 20.3 Å². The molecule has 1 aromatic rings. The number of carbonyl (C=O) groups is 2. The van der Waals surface area contributed by atoms with Gasteiger partial charge in [0.15, 0.2) is 0 Å². The van der Waals surface area contributed by atoms with E-state index in [1.54, 1.807) is 7.11 Å². The van der Waals surface area contributed by atoms with Gasteiger partial charge < -0.3 is 24.3 Å². The summed E-state index contributed by atoms with van der Waals surface area (Å²) in [5.41, 5.74) is 1.70. The van der Waals surface area contributed by atoms with Crippen molar-refractivity contribution in [3.05, 3.63) is 29.3 Å². The fourth-order valence-corrected chi connectivity index (χ4v) is 5.22. The number of amides is 1. The Balaban J connectivity index is 2.30. The lowest BCUT2D eigenvalue weighted by Gasteiger charge is -2.31. The second-order valence-electron chi connectivity index (χ2n) is 14.0. The van der Waals surface area contributed by atoms with Crippen LogP contribution in [0.5, 0.6) is 5.75 Å². The third kappa shape index (κ3) is 10.6. The van der Waals surface area contributed by atoms with Gasteiger partial charge in [-0.1, -0.05) is 60.6 Å². The summed E-state index contributed by atoms with van der Waals surface area (Å²) in [5, 5.41) is 3.07. The van der Waals surface area contributed by atoms with Gasteiger partial charge in [-0.2, -0.15) is 0 Å². The minimum Gasteiger partial charge on any atom is -0.493 e. The normalized spacial score (nSPS) is 19.5. The van der Waals surface area contributed by atoms with Crippen molar-refractivity contribution >= 4 is 12.1 Å². The van der Waals surface area contributed by atoms with E-state index in [2.05, 4.69) is 58.1 Å². The van der Waals surface area contributed by atoms with Gasteiger partial charge in [-0.15, -0.1) is 0 Å². The van der Waals surface area contributed by atoms with Crippen LogP contribution in [0.25, 0.3) is 0 Å². The standard InChI is InChI=1S/C33H55NO6/c1-21(2)24(17-23-13-14-26(32(5,6)7)28(18-23)38-16-12-15-37-11)19-27(34-31(36)40-33(8,9)10)29-20-25(22(3)4)30(35)39-29/h13-14,18,21-22,24-25,27,29H,12,15-17,19-20H2,1-11H3,(H,34,36)/t24-,25-,27-,29-/m0/s1. The molecule has 1 saturated heterocycles. The topological polar surface area (TPSA) is 83.1 Å². The van der Waals surface area contributed by atoms with Crippen molar-refractivity contribution in [1.29, 1.82) is 0 Å². The number of ether oxygens (including phenoxy) is 4. The lowest BCUT2D eigenvalue weighted by atomic mass is 9.80. The van der Waals surface area contributed by atoms with Crippen molar-refractivity contribution in [1.82, 2.24) is 5.32 Å². The highest BCUT2D eigenvalue weighted by molar-refractivity contribution is 5.75. The maximum atomic E-state index is 12.9. The van der Waals surface area contributed by atoms with Crippen molar-refractivity contribution in [2.45, 2.75) is 118 Å². The molecule has 40 heavy (non-hydrogen) atoms. The average Bonchev–Trinajstić information content (AvgIpc) is 3.21. The van der Waals surface area contributed by atoms with Gasteiger partial charge >= 0.3 is 12.1 Å². The summed E-state index contributed by atoms with van der Waals surface area (Å²) >= 11 is 0. The number of benzene rings is 1. The molecule has 0 spiro atoms. The Hall–Kier alpha value is -2.28. The molecule has 0 unspecified atom stereocenters. The highest BCUT2D eigenvalue weighted by atomic mass is 16.6. The molecule has 0 aromatic heterocycles. The van der Waals surface area contributed by atoms with Gasteiger partial charge in [0, 0.05) is 20.1 Å². The van der Waals surface area contributed by atoms with E-state index in [1.807, 2.05) is 34.6 Å². The maximum absolute atomic E-state index is 12.9. The van der Waals surface area contributed by atoms with E-state index >= 15 is 0 Å². The summed E-state index contributed by atoms with van der Waals surface area (Å²) in [6.07, 6.45) is 2.06. The van der Waals surface area contributed by atoms with Crippen LogP contribution < -0.4 is 10.1 Å². The number of nitrogens with one attached hydrogen (secondary N) is 1. The predicted molar refractivity (Wildman–Crippen MR) is 160 cm³/mol. The lowest BCUT2D eigenvalue weighted by Crippen LogP contribution is -2.47. The minimum absolute atomic E-state index is 0.0473. The molecule has 228 valence electrons. The number of rotatable bonds is 13. The van der Waals surface area contributed by atoms with E-state index in [0.29, 0.717) is 32.0 Å². The molecule has 1 aliphatic rings. The van der Waals surface area contributed by atoms with Crippen LogP contribution in [-0.4, -0.2) is 50.1 Å². The molecule has 1 aliphatic heterocycles. The molecular weight excluding hydrogens is 506 g/mol. The van der Waals surface area contributed by atoms with E-state index in [9.17, 15) is 9.59 Å². The van der Waals surface area contributed by atoms with Crippen LogP contribution in [0.1, 0.15) is 99.6 Å². The number of methoxy groups -OCH3 is 1. The highest BCUT2D eigenvalue weighted by Gasteiger charge is 2.42. The zero-order valence-corrected chi connectivity index (χ0v) is 26.9. The molecule has 7 nitrogen and oxygen atoms in total. The summed E-state index contributed by atoms with van der Waals surface area (Å²) in [7, 11) is 1.70. The van der Waals surface area contributed by atoms with Crippen LogP contribution in [0.15, 0.2) is 18.2 Å². The van der Waals surface area contributed by atoms with Crippen LogP contribution in [-0.2, 0) is 30.8 Å². The number of hydrogen-bond donors (Lipinski definition) is 1. The Morgan fingerprint density at radius 2 is 1.75 bits per heavy atom. The SMILES string of the molecule is COCCCOc1cc(C[C@@H](C[C@H](NC(=O)OC(C)(C)C)[C@@H]2C[C@@H](C(C)C)C(=O)O2)C(C)C)ccc1C(C)(C)C. The number of esters is 1. The van der Waals surface area contributed by atoms with Gasteiger partial charge in [-0.05, 0) is 80.4 Å². The molecule has 4 atom stereocenters. The van der Waals surface area contributed by atoms with E-state index in [4.69, 9.17) is 18.9 Å². The zero-order chi connectivity index (χ0) is 30.3. The monoisotopic (exact) mass is 561 g/mol. The van der Waals surface area contributed by atoms with Crippen LogP contribution >= 0.6 is 0 Å². The molecule has 1 N–H and O–H groups in total. The van der Waals surface area contributed by atoms with Gasteiger partial charge in [0.25, 0.3) is 0 Å². The molecular formula is C33H55NO6. The van der Waals surface area contributed by atoms with Crippen molar-refractivity contribution in [3.8, 4) is 5.75 Å². The van der Waals surface area contributed by atoms with E-state index in [0.717, 1.165) is 18.6 Å². The Morgan fingerprint density at radius 3 is 2.27 bits per heavy atom. The number of hydrogen-bond acceptors (Lipinski definition) is 6. The molecule has 1 aromatic carbocycles. The number of carbonyl (C=O) groups excluding carboxylic acids is 2. The first-order valence-corrected chi connectivity index (χ1v) is 15.0. The second-order valence-corrected chi connectivity index (χ2v) is 14.0. The fourth-order valence-electron chi connectivity index (χ4n) is 5.22. The zero-order valence-electron chi connectivity index (χ0n) is 26.9. The van der Waals surface area contributed by atoms with Gasteiger partial charge in [0.05, 0.1) is 18.6 Å². The summed E-state index contributed by atoms with van der Waals surface area (Å²) < 4.78 is 22.9. The first-order chi connectivity index (χ1) is 18.5. The highest BCUT2D eigenvalue weighted by Crippen LogP contribution is 2.36. The van der Waals surface area contributed by atoms with E-state index in [-0.39, 0.29) is 41.3 Å². The molecule has 0 radical (unpaired) electrons. The summed E-state index contributed by atoms with van der Waals surface area (Å²) in [6.45, 7) is 21.9. The Kier molecular flexibility index (Phi) is 12.4. The fraction of sp³-hybridized carbons (Fsp3) is 0.758. The Bertz CT molecular complexity index is 959. The lowest BCUT2D eigenvalue weighted by molar-refractivity contribution is -0.146. The molecule has 1 fully saturated rings. The summed E-state index contributed by atoms with van der Waals surface area (Å²) in [4.78, 5) is 25.5. The van der Waals surface area contributed by atoms with E-state index < -0.39 is 11.7 Å². The summed E-state index contributed by atoms with van der Waals surface area (Å²) in [5.74, 6) is 1.34. The molecule has 1 amide bonds. The predicted octanol–water partition coefficient (Wildman–Crippen LogP) is 7.09. The smallest absolute Gasteiger partial charge is 0.408 e. The Morgan fingerprint density at radius 1 is 1.07 bits per heavy atom. The Labute approximate surface area is 243 Å². The van der Waals surface area contributed by atoms with Crippen LogP contribution in [0.2, 0.25) is 0 Å². The van der Waals surface area contributed by atoms with Crippen molar-refractivity contribution in [2.24, 2.45) is 23.7 Å². The van der Waals surface area contributed by atoms with Gasteiger partial charge in [0.2, 0.25) is 0 Å². The van der Waals surface area contributed by atoms with Crippen molar-refractivity contribution < 1.29 is 28.5 Å². The average molecular weight is 562 g/mol. The third-order valence-corrected chi connectivity index (χ3v) is 7.61. The first kappa shape index (κ1) is 33.9. The number of alkyl carbamates (subject to hydrolysis) is 1. The molecule has 7 heteroatoms. The third-order valence-electron chi connectivity index (χ3n) is 7.61. The molecule has 0 aliphatic carbocycles. The largest absolute Gasteiger partial charge is 0.493 e. The van der Waals surface area contributed by atoms with Gasteiger partial charge in [-0.3, -0.25) is 4.79 Å². The molecule has 1 heterocycles. The second kappa shape index (κ2) is 14.6. The molecule has 2 rings (SSSR count). The quantitative estimate of drug-likeness (QED) is 0.205. The minimum atomic E-state index is -0.618. The number of cyclic esters (lactones) is 1. The van der Waals surface area contributed by atoms with Crippen LogP contribution in [0.4, 0.5) is 4.79 Å². The van der Waals surface area contributed by atoms with E-state index in [1.165, 1.54) is 11.1 Å². The molecule has 0 saturated carbocycles. The molecule has 0 bridgehead atoms. The summed E-state index contributed by atoms with van der Waals surface area (Å²) in [6, 6.07) is 6.21. The van der Waals surface area contributed by atoms with Crippen LogP contribution in [0.3, 0.4) is 0 Å². The maximum Gasteiger partial charge on any atom is 0.408 e. The van der Waals surface area contributed by atoms with Gasteiger partial charge in [0.1, 0.15) is 17.5 Å². The first-order valence-electron chi connectivity index (χ1n) is 15.0. The van der Waals surface area contributed by atoms with Gasteiger partial charge in [-0.25, -0.2) is 4.79 Å². The van der Waals surface area contributed by atoms with Crippen molar-refractivity contribution in [3.63, 3.8) is 0 Å². The van der Waals surface area contributed by atoms with Crippen LogP contribution in [0, 0.1) is 23.7 Å².